The quantitative estimate of drug-likeness (QED) is 0.793. The molecule has 0 aromatic heterocycles. The van der Waals surface area contributed by atoms with Crippen LogP contribution in [0, 0.1) is 5.82 Å². The highest BCUT2D eigenvalue weighted by atomic mass is 19.3. The highest BCUT2D eigenvalue weighted by molar-refractivity contribution is 5.19. The molecule has 0 amide bonds. The summed E-state index contributed by atoms with van der Waals surface area (Å²) in [5, 5.41) is 2.65. The van der Waals surface area contributed by atoms with E-state index in [-0.39, 0.29) is 18.4 Å². The molecule has 0 saturated heterocycles. The van der Waals surface area contributed by atoms with Crippen molar-refractivity contribution >= 4 is 0 Å². The SMILES string of the molecule is CC(NCC(F)F)c1ccc(F)cc1. The molecule has 78 valence electrons. The number of hydrogen-bond donors (Lipinski definition) is 1. The molecule has 1 rings (SSSR count). The minimum Gasteiger partial charge on any atom is -0.305 e. The van der Waals surface area contributed by atoms with Crippen molar-refractivity contribution in [3.63, 3.8) is 0 Å². The highest BCUT2D eigenvalue weighted by Gasteiger charge is 2.07. The van der Waals surface area contributed by atoms with Crippen LogP contribution in [0.25, 0.3) is 0 Å². The van der Waals surface area contributed by atoms with Gasteiger partial charge in [0.1, 0.15) is 5.82 Å². The van der Waals surface area contributed by atoms with E-state index in [0.717, 1.165) is 5.56 Å². The van der Waals surface area contributed by atoms with Crippen molar-refractivity contribution in [3.8, 4) is 0 Å². The molecule has 1 aromatic carbocycles. The standard InChI is InChI=1S/C10H12F3N/c1-7(14-6-10(12)13)8-2-4-9(11)5-3-8/h2-5,7,10,14H,6H2,1H3. The predicted molar refractivity (Wildman–Crippen MR) is 48.8 cm³/mol. The lowest BCUT2D eigenvalue weighted by Crippen LogP contribution is -2.24. The Morgan fingerprint density at radius 1 is 1.21 bits per heavy atom. The Kier molecular flexibility index (Phi) is 3.95. The van der Waals surface area contributed by atoms with Crippen molar-refractivity contribution in [2.75, 3.05) is 6.54 Å². The normalized spacial score (nSPS) is 13.2. The van der Waals surface area contributed by atoms with E-state index in [9.17, 15) is 13.2 Å². The molecule has 0 spiro atoms. The lowest BCUT2D eigenvalue weighted by molar-refractivity contribution is 0.142. The molecule has 0 saturated carbocycles. The van der Waals surface area contributed by atoms with E-state index in [1.54, 1.807) is 19.1 Å². The minimum atomic E-state index is -2.36. The van der Waals surface area contributed by atoms with Crippen LogP contribution in [-0.4, -0.2) is 13.0 Å². The maximum atomic E-state index is 12.5. The average molecular weight is 203 g/mol. The molecular weight excluding hydrogens is 191 g/mol. The van der Waals surface area contributed by atoms with Gasteiger partial charge in [-0.05, 0) is 24.6 Å². The van der Waals surface area contributed by atoms with Crippen molar-refractivity contribution in [2.24, 2.45) is 0 Å². The smallest absolute Gasteiger partial charge is 0.250 e. The maximum Gasteiger partial charge on any atom is 0.250 e. The van der Waals surface area contributed by atoms with Crippen LogP contribution in [0.3, 0.4) is 0 Å². The summed E-state index contributed by atoms with van der Waals surface area (Å²) < 4.78 is 36.2. The molecule has 1 N–H and O–H groups in total. The van der Waals surface area contributed by atoms with E-state index in [0.29, 0.717) is 0 Å². The zero-order chi connectivity index (χ0) is 10.6. The second-order valence-electron chi connectivity index (χ2n) is 3.07. The van der Waals surface area contributed by atoms with Crippen LogP contribution in [-0.2, 0) is 0 Å². The molecule has 1 aromatic rings. The van der Waals surface area contributed by atoms with Crippen LogP contribution in [0.2, 0.25) is 0 Å². The van der Waals surface area contributed by atoms with Gasteiger partial charge < -0.3 is 5.32 Å². The molecule has 0 bridgehead atoms. The largest absolute Gasteiger partial charge is 0.305 e. The molecule has 1 unspecified atom stereocenters. The number of alkyl halides is 2. The van der Waals surface area contributed by atoms with Crippen LogP contribution in [0.1, 0.15) is 18.5 Å². The fourth-order valence-corrected chi connectivity index (χ4v) is 1.14. The van der Waals surface area contributed by atoms with Crippen LogP contribution < -0.4 is 5.32 Å². The zero-order valence-corrected chi connectivity index (χ0v) is 7.81. The monoisotopic (exact) mass is 203 g/mol. The van der Waals surface area contributed by atoms with Gasteiger partial charge in [-0.15, -0.1) is 0 Å². The van der Waals surface area contributed by atoms with Gasteiger partial charge >= 0.3 is 0 Å². The van der Waals surface area contributed by atoms with Crippen molar-refractivity contribution in [2.45, 2.75) is 19.4 Å². The zero-order valence-electron chi connectivity index (χ0n) is 7.81. The lowest BCUT2D eigenvalue weighted by atomic mass is 10.1. The average Bonchev–Trinajstić information content (AvgIpc) is 2.15. The van der Waals surface area contributed by atoms with Crippen LogP contribution in [0.15, 0.2) is 24.3 Å². The first-order valence-electron chi connectivity index (χ1n) is 4.36. The summed E-state index contributed by atoms with van der Waals surface area (Å²) >= 11 is 0. The molecule has 0 radical (unpaired) electrons. The maximum absolute atomic E-state index is 12.5. The first-order valence-corrected chi connectivity index (χ1v) is 4.36. The Labute approximate surface area is 80.9 Å². The Bertz CT molecular complexity index is 271. The molecule has 0 fully saturated rings. The lowest BCUT2D eigenvalue weighted by Gasteiger charge is -2.13. The second-order valence-corrected chi connectivity index (χ2v) is 3.07. The van der Waals surface area contributed by atoms with Gasteiger partial charge in [0.2, 0.25) is 0 Å². The van der Waals surface area contributed by atoms with Crippen LogP contribution >= 0.6 is 0 Å². The van der Waals surface area contributed by atoms with Crippen LogP contribution in [0.5, 0.6) is 0 Å². The first-order chi connectivity index (χ1) is 6.59. The number of rotatable bonds is 4. The first kappa shape index (κ1) is 11.0. The fourth-order valence-electron chi connectivity index (χ4n) is 1.14. The molecule has 0 aliphatic carbocycles. The Morgan fingerprint density at radius 3 is 2.29 bits per heavy atom. The molecule has 0 aliphatic rings. The number of halogens is 3. The van der Waals surface area contributed by atoms with Gasteiger partial charge in [-0.3, -0.25) is 0 Å². The van der Waals surface area contributed by atoms with E-state index in [2.05, 4.69) is 5.32 Å². The summed E-state index contributed by atoms with van der Waals surface area (Å²) in [6.07, 6.45) is -2.36. The van der Waals surface area contributed by atoms with Crippen molar-refractivity contribution in [1.29, 1.82) is 0 Å². The van der Waals surface area contributed by atoms with Crippen molar-refractivity contribution in [3.05, 3.63) is 35.6 Å². The minimum absolute atomic E-state index is 0.190. The van der Waals surface area contributed by atoms with Gasteiger partial charge in [-0.2, -0.15) is 0 Å². The Hall–Kier alpha value is -1.03. The Morgan fingerprint density at radius 2 is 1.79 bits per heavy atom. The third-order valence-corrected chi connectivity index (χ3v) is 1.95. The summed E-state index contributed by atoms with van der Waals surface area (Å²) in [6.45, 7) is 1.41. The third kappa shape index (κ3) is 3.38. The van der Waals surface area contributed by atoms with E-state index < -0.39 is 6.43 Å². The molecule has 14 heavy (non-hydrogen) atoms. The van der Waals surface area contributed by atoms with Crippen molar-refractivity contribution in [1.82, 2.24) is 5.32 Å². The molecule has 0 heterocycles. The van der Waals surface area contributed by atoms with E-state index >= 15 is 0 Å². The predicted octanol–water partition coefficient (Wildman–Crippen LogP) is 2.74. The molecular formula is C10H12F3N. The van der Waals surface area contributed by atoms with E-state index in [4.69, 9.17) is 0 Å². The summed E-state index contributed by atoms with van der Waals surface area (Å²) in [7, 11) is 0. The summed E-state index contributed by atoms with van der Waals surface area (Å²) in [4.78, 5) is 0. The molecule has 4 heteroatoms. The summed E-state index contributed by atoms with van der Waals surface area (Å²) in [5.41, 5.74) is 0.798. The number of hydrogen-bond acceptors (Lipinski definition) is 1. The van der Waals surface area contributed by atoms with E-state index in [1.807, 2.05) is 0 Å². The topological polar surface area (TPSA) is 12.0 Å². The van der Waals surface area contributed by atoms with Gasteiger partial charge in [-0.1, -0.05) is 12.1 Å². The number of nitrogens with one attached hydrogen (secondary N) is 1. The van der Waals surface area contributed by atoms with Gasteiger partial charge in [0.15, 0.2) is 0 Å². The molecule has 0 aliphatic heterocycles. The Balaban J connectivity index is 2.52. The third-order valence-electron chi connectivity index (χ3n) is 1.95. The van der Waals surface area contributed by atoms with E-state index in [1.165, 1.54) is 12.1 Å². The highest BCUT2D eigenvalue weighted by Crippen LogP contribution is 2.12. The summed E-state index contributed by atoms with van der Waals surface area (Å²) in [5.74, 6) is -0.324. The molecule has 1 atom stereocenters. The summed E-state index contributed by atoms with van der Waals surface area (Å²) in [6, 6.07) is 5.60. The molecule has 1 nitrogen and oxygen atoms in total. The second kappa shape index (κ2) is 5.00. The van der Waals surface area contributed by atoms with Gasteiger partial charge in [0, 0.05) is 6.04 Å². The van der Waals surface area contributed by atoms with Crippen LogP contribution in [0.4, 0.5) is 13.2 Å². The number of benzene rings is 1. The van der Waals surface area contributed by atoms with Gasteiger partial charge in [0.25, 0.3) is 6.43 Å². The van der Waals surface area contributed by atoms with Gasteiger partial charge in [0.05, 0.1) is 6.54 Å². The fraction of sp³-hybridized carbons (Fsp3) is 0.400. The van der Waals surface area contributed by atoms with Gasteiger partial charge in [-0.25, -0.2) is 13.2 Å². The van der Waals surface area contributed by atoms with Crippen molar-refractivity contribution < 1.29 is 13.2 Å².